The molecule has 2 bridgehead atoms. The van der Waals surface area contributed by atoms with E-state index in [0.29, 0.717) is 11.7 Å². The third-order valence-corrected chi connectivity index (χ3v) is 6.16. The van der Waals surface area contributed by atoms with Gasteiger partial charge in [-0.1, -0.05) is 6.08 Å². The molecule has 1 unspecified atom stereocenters. The minimum Gasteiger partial charge on any atom is -0.396 e. The molecule has 2 heterocycles. The fourth-order valence-corrected chi connectivity index (χ4v) is 5.49. The van der Waals surface area contributed by atoms with Crippen molar-refractivity contribution < 1.29 is 9.90 Å². The van der Waals surface area contributed by atoms with E-state index in [4.69, 9.17) is 0 Å². The SMILES string of the molecule is O=C1C[C@H]2CC(CO)C=C3N4CCC[C@H]1[C@@]32CCC4. The maximum Gasteiger partial charge on any atom is 0.137 e. The number of carbonyl (C=O) groups is 1. The Bertz CT molecular complexity index is 444. The summed E-state index contributed by atoms with van der Waals surface area (Å²) in [6.07, 6.45) is 8.81. The average molecular weight is 261 g/mol. The quantitative estimate of drug-likeness (QED) is 0.784. The Balaban J connectivity index is 1.87. The number of Topliss-reactive ketones (excluding diaryl/α,β-unsaturated/α-hetero) is 1. The normalized spacial score (nSPS) is 44.7. The molecule has 3 nitrogen and oxygen atoms in total. The van der Waals surface area contributed by atoms with E-state index in [-0.39, 0.29) is 23.9 Å². The summed E-state index contributed by atoms with van der Waals surface area (Å²) in [4.78, 5) is 15.0. The van der Waals surface area contributed by atoms with Crippen molar-refractivity contribution >= 4 is 5.78 Å². The highest BCUT2D eigenvalue weighted by molar-refractivity contribution is 5.86. The second-order valence-corrected chi connectivity index (χ2v) is 6.92. The molecule has 4 rings (SSSR count). The van der Waals surface area contributed by atoms with Crippen LogP contribution in [0.15, 0.2) is 11.8 Å². The molecule has 4 aliphatic rings. The minimum atomic E-state index is 0.164. The van der Waals surface area contributed by atoms with Gasteiger partial charge in [-0.3, -0.25) is 4.79 Å². The first-order chi connectivity index (χ1) is 9.25. The molecule has 4 atom stereocenters. The molecule has 1 spiro atoms. The van der Waals surface area contributed by atoms with E-state index in [0.717, 1.165) is 38.8 Å². The summed E-state index contributed by atoms with van der Waals surface area (Å²) in [6, 6.07) is 0. The van der Waals surface area contributed by atoms with E-state index in [1.165, 1.54) is 18.5 Å². The van der Waals surface area contributed by atoms with Gasteiger partial charge < -0.3 is 10.0 Å². The van der Waals surface area contributed by atoms with Crippen LogP contribution in [0.25, 0.3) is 0 Å². The average Bonchev–Trinajstić information content (AvgIpc) is 2.63. The highest BCUT2D eigenvalue weighted by atomic mass is 16.3. The van der Waals surface area contributed by atoms with E-state index < -0.39 is 0 Å². The molecule has 1 N–H and O–H groups in total. The van der Waals surface area contributed by atoms with Gasteiger partial charge in [0.2, 0.25) is 0 Å². The molecule has 19 heavy (non-hydrogen) atoms. The van der Waals surface area contributed by atoms with Crippen LogP contribution in [0.4, 0.5) is 0 Å². The van der Waals surface area contributed by atoms with Gasteiger partial charge in [-0.2, -0.15) is 0 Å². The minimum absolute atomic E-state index is 0.164. The largest absolute Gasteiger partial charge is 0.396 e. The zero-order valence-electron chi connectivity index (χ0n) is 11.5. The number of nitrogens with zero attached hydrogens (tertiary/aromatic N) is 1. The molecule has 104 valence electrons. The molecule has 0 amide bonds. The molecule has 2 aliphatic heterocycles. The highest BCUT2D eigenvalue weighted by Gasteiger charge is 2.60. The van der Waals surface area contributed by atoms with Crippen molar-refractivity contribution in [3.63, 3.8) is 0 Å². The van der Waals surface area contributed by atoms with Gasteiger partial charge in [0.25, 0.3) is 0 Å². The monoisotopic (exact) mass is 261 g/mol. The number of rotatable bonds is 1. The number of carbonyl (C=O) groups excluding carboxylic acids is 1. The summed E-state index contributed by atoms with van der Waals surface area (Å²) >= 11 is 0. The van der Waals surface area contributed by atoms with Crippen molar-refractivity contribution in [3.8, 4) is 0 Å². The smallest absolute Gasteiger partial charge is 0.137 e. The Kier molecular flexibility index (Phi) is 2.57. The topological polar surface area (TPSA) is 40.5 Å². The summed E-state index contributed by atoms with van der Waals surface area (Å²) in [5.74, 6) is 1.58. The number of ketones is 1. The van der Waals surface area contributed by atoms with Crippen molar-refractivity contribution in [2.75, 3.05) is 19.7 Å². The summed E-state index contributed by atoms with van der Waals surface area (Å²) in [7, 11) is 0. The summed E-state index contributed by atoms with van der Waals surface area (Å²) in [5, 5.41) is 9.56. The Morgan fingerprint density at radius 3 is 3.05 bits per heavy atom. The fraction of sp³-hybridized carbons (Fsp3) is 0.812. The van der Waals surface area contributed by atoms with Crippen LogP contribution in [0, 0.1) is 23.2 Å². The van der Waals surface area contributed by atoms with Gasteiger partial charge in [0.15, 0.2) is 0 Å². The van der Waals surface area contributed by atoms with Crippen molar-refractivity contribution in [2.24, 2.45) is 23.2 Å². The molecule has 2 aliphatic carbocycles. The van der Waals surface area contributed by atoms with Crippen molar-refractivity contribution in [2.45, 2.75) is 38.5 Å². The summed E-state index contributed by atoms with van der Waals surface area (Å²) in [6.45, 7) is 2.50. The zero-order valence-corrected chi connectivity index (χ0v) is 11.5. The third-order valence-electron chi connectivity index (χ3n) is 6.16. The van der Waals surface area contributed by atoms with E-state index in [2.05, 4.69) is 11.0 Å². The predicted molar refractivity (Wildman–Crippen MR) is 72.4 cm³/mol. The molecule has 1 saturated carbocycles. The summed E-state index contributed by atoms with van der Waals surface area (Å²) < 4.78 is 0. The van der Waals surface area contributed by atoms with Crippen LogP contribution in [0.5, 0.6) is 0 Å². The lowest BCUT2D eigenvalue weighted by Crippen LogP contribution is -2.48. The Labute approximate surface area is 114 Å². The third kappa shape index (κ3) is 1.45. The first-order valence-corrected chi connectivity index (χ1v) is 7.86. The van der Waals surface area contributed by atoms with E-state index in [1.807, 2.05) is 0 Å². The lowest BCUT2D eigenvalue weighted by molar-refractivity contribution is -0.122. The molecule has 0 aromatic heterocycles. The Hall–Kier alpha value is -0.830. The van der Waals surface area contributed by atoms with Gasteiger partial charge in [-0.15, -0.1) is 0 Å². The number of aliphatic hydroxyl groups excluding tert-OH is 1. The molecule has 3 heteroatoms. The molecule has 0 radical (unpaired) electrons. The van der Waals surface area contributed by atoms with Gasteiger partial charge in [0.1, 0.15) is 5.78 Å². The van der Waals surface area contributed by atoms with Crippen molar-refractivity contribution in [3.05, 3.63) is 11.8 Å². The van der Waals surface area contributed by atoms with Crippen LogP contribution < -0.4 is 0 Å². The van der Waals surface area contributed by atoms with Gasteiger partial charge in [-0.05, 0) is 38.0 Å². The first-order valence-electron chi connectivity index (χ1n) is 7.86. The molecular formula is C16H23NO2. The van der Waals surface area contributed by atoms with E-state index in [9.17, 15) is 9.90 Å². The van der Waals surface area contributed by atoms with Crippen molar-refractivity contribution in [1.82, 2.24) is 4.90 Å². The lowest BCUT2D eigenvalue weighted by Gasteiger charge is -2.51. The van der Waals surface area contributed by atoms with Crippen LogP contribution in [-0.2, 0) is 4.79 Å². The van der Waals surface area contributed by atoms with E-state index in [1.54, 1.807) is 0 Å². The number of hydrogen-bond acceptors (Lipinski definition) is 3. The van der Waals surface area contributed by atoms with Crippen LogP contribution >= 0.6 is 0 Å². The zero-order chi connectivity index (χ0) is 13.0. The van der Waals surface area contributed by atoms with Gasteiger partial charge >= 0.3 is 0 Å². The van der Waals surface area contributed by atoms with Gasteiger partial charge in [-0.25, -0.2) is 0 Å². The number of hydrogen-bond donors (Lipinski definition) is 1. The fourth-order valence-electron chi connectivity index (χ4n) is 5.49. The Morgan fingerprint density at radius 2 is 2.21 bits per heavy atom. The maximum atomic E-state index is 12.5. The molecule has 3 fully saturated rings. The standard InChI is InChI=1S/C16H23NO2/c18-10-11-7-12-9-14(19)13-3-1-5-17-6-2-4-16(12,13)15(17)8-11/h8,11-13,18H,1-7,9-10H2/t11?,12-,13-,16+/m1/s1. The van der Waals surface area contributed by atoms with Crippen molar-refractivity contribution in [1.29, 1.82) is 0 Å². The second kappa shape index (κ2) is 4.08. The molecular weight excluding hydrogens is 238 g/mol. The molecule has 0 aromatic rings. The number of aliphatic hydroxyl groups is 1. The highest BCUT2D eigenvalue weighted by Crippen LogP contribution is 2.62. The predicted octanol–water partition coefficient (Wildman–Crippen LogP) is 1.96. The van der Waals surface area contributed by atoms with Gasteiger partial charge in [0.05, 0.1) is 0 Å². The van der Waals surface area contributed by atoms with Gasteiger partial charge in [0, 0.05) is 49.1 Å². The number of piperidine rings is 1. The lowest BCUT2D eigenvalue weighted by atomic mass is 9.59. The first kappa shape index (κ1) is 12.0. The van der Waals surface area contributed by atoms with Crippen LogP contribution in [0.1, 0.15) is 38.5 Å². The molecule has 2 saturated heterocycles. The van der Waals surface area contributed by atoms with Crippen LogP contribution in [0.3, 0.4) is 0 Å². The Morgan fingerprint density at radius 1 is 1.37 bits per heavy atom. The van der Waals surface area contributed by atoms with Crippen LogP contribution in [-0.4, -0.2) is 35.5 Å². The van der Waals surface area contributed by atoms with Crippen LogP contribution in [0.2, 0.25) is 0 Å². The molecule has 0 aromatic carbocycles. The summed E-state index contributed by atoms with van der Waals surface area (Å²) in [5.41, 5.74) is 1.61. The second-order valence-electron chi connectivity index (χ2n) is 6.92. The maximum absolute atomic E-state index is 12.5. The van der Waals surface area contributed by atoms with E-state index >= 15 is 0 Å². The number of allylic oxidation sites excluding steroid dienone is 1.